The zero-order valence-corrected chi connectivity index (χ0v) is 7.14. The summed E-state index contributed by atoms with van der Waals surface area (Å²) < 4.78 is 13.3. The minimum absolute atomic E-state index is 0.0902. The predicted octanol–water partition coefficient (Wildman–Crippen LogP) is 1.72. The Morgan fingerprint density at radius 3 is 3.09 bits per heavy atom. The number of halogens is 2. The van der Waals surface area contributed by atoms with Crippen LogP contribution in [0.2, 0.25) is 0 Å². The molecule has 1 rings (SSSR count). The Balaban J connectivity index is 3.01. The Labute approximate surface area is 71.6 Å². The van der Waals surface area contributed by atoms with Crippen LogP contribution in [-0.2, 0) is 11.2 Å². The van der Waals surface area contributed by atoms with E-state index in [2.05, 4.69) is 20.9 Å². The van der Waals surface area contributed by atoms with Crippen molar-refractivity contribution in [1.82, 2.24) is 4.98 Å². The molecule has 0 saturated heterocycles. The third-order valence-electron chi connectivity index (χ3n) is 1.20. The molecule has 0 fully saturated rings. The van der Waals surface area contributed by atoms with E-state index in [1.165, 1.54) is 6.07 Å². The number of aldehydes is 1. The highest BCUT2D eigenvalue weighted by Crippen LogP contribution is 2.11. The summed E-state index contributed by atoms with van der Waals surface area (Å²) in [5, 5.41) is 0. The average Bonchev–Trinajstić information content (AvgIpc) is 1.98. The number of nitrogens with zero attached hydrogens (tertiary/aromatic N) is 1. The van der Waals surface area contributed by atoms with Crippen molar-refractivity contribution in [2.75, 3.05) is 0 Å². The molecule has 0 aliphatic carbocycles. The smallest absolute Gasteiger partial charge is 0.145 e. The van der Waals surface area contributed by atoms with Crippen molar-refractivity contribution in [3.05, 3.63) is 28.2 Å². The van der Waals surface area contributed by atoms with Crippen LogP contribution in [0.25, 0.3) is 0 Å². The van der Waals surface area contributed by atoms with Crippen LogP contribution in [0.4, 0.5) is 4.39 Å². The average molecular weight is 218 g/mol. The molecule has 0 aromatic carbocycles. The standard InChI is InChI=1S/C7H5BrFNO/c8-7-3-5(1-2-11)6(9)4-10-7/h2-4H,1H2. The predicted molar refractivity (Wildman–Crippen MR) is 41.7 cm³/mol. The summed E-state index contributed by atoms with van der Waals surface area (Å²) in [5.41, 5.74) is 0.363. The van der Waals surface area contributed by atoms with E-state index in [1.54, 1.807) is 0 Å². The summed E-state index contributed by atoms with van der Waals surface area (Å²) in [5.74, 6) is -0.444. The lowest BCUT2D eigenvalue weighted by molar-refractivity contribution is -0.107. The topological polar surface area (TPSA) is 30.0 Å². The minimum Gasteiger partial charge on any atom is -0.303 e. The molecule has 0 atom stereocenters. The Morgan fingerprint density at radius 2 is 2.45 bits per heavy atom. The normalized spacial score (nSPS) is 9.64. The minimum atomic E-state index is -0.444. The van der Waals surface area contributed by atoms with E-state index in [0.29, 0.717) is 16.5 Å². The van der Waals surface area contributed by atoms with Gasteiger partial charge in [0.2, 0.25) is 0 Å². The highest BCUT2D eigenvalue weighted by molar-refractivity contribution is 9.10. The number of carbonyl (C=O) groups is 1. The van der Waals surface area contributed by atoms with Crippen molar-refractivity contribution in [3.63, 3.8) is 0 Å². The van der Waals surface area contributed by atoms with Gasteiger partial charge in [-0.25, -0.2) is 9.37 Å². The van der Waals surface area contributed by atoms with Crippen LogP contribution in [0.5, 0.6) is 0 Å². The van der Waals surface area contributed by atoms with Crippen LogP contribution in [0.1, 0.15) is 5.56 Å². The van der Waals surface area contributed by atoms with E-state index in [4.69, 9.17) is 0 Å². The Bertz CT molecular complexity index is 277. The molecule has 0 aliphatic heterocycles. The van der Waals surface area contributed by atoms with Crippen molar-refractivity contribution < 1.29 is 9.18 Å². The van der Waals surface area contributed by atoms with E-state index in [0.717, 1.165) is 6.20 Å². The summed E-state index contributed by atoms with van der Waals surface area (Å²) in [6.07, 6.45) is 1.83. The molecule has 0 bridgehead atoms. The summed E-state index contributed by atoms with van der Waals surface area (Å²) in [6, 6.07) is 1.49. The van der Waals surface area contributed by atoms with Gasteiger partial charge < -0.3 is 4.79 Å². The number of aromatic nitrogens is 1. The largest absolute Gasteiger partial charge is 0.303 e. The maximum absolute atomic E-state index is 12.7. The highest BCUT2D eigenvalue weighted by atomic mass is 79.9. The molecule has 0 saturated carbocycles. The third kappa shape index (κ3) is 2.08. The summed E-state index contributed by atoms with van der Waals surface area (Å²) in [4.78, 5) is 13.7. The van der Waals surface area contributed by atoms with Crippen LogP contribution in [-0.4, -0.2) is 11.3 Å². The van der Waals surface area contributed by atoms with Gasteiger partial charge in [0.05, 0.1) is 6.20 Å². The van der Waals surface area contributed by atoms with Crippen LogP contribution < -0.4 is 0 Å². The zero-order valence-electron chi connectivity index (χ0n) is 5.55. The number of hydrogen-bond acceptors (Lipinski definition) is 2. The molecule has 58 valence electrons. The maximum Gasteiger partial charge on any atom is 0.145 e. The SMILES string of the molecule is O=CCc1cc(Br)ncc1F. The second kappa shape index (κ2) is 3.57. The van der Waals surface area contributed by atoms with E-state index < -0.39 is 5.82 Å². The van der Waals surface area contributed by atoms with Gasteiger partial charge in [-0.15, -0.1) is 0 Å². The lowest BCUT2D eigenvalue weighted by Crippen LogP contribution is -1.92. The van der Waals surface area contributed by atoms with Gasteiger partial charge >= 0.3 is 0 Å². The van der Waals surface area contributed by atoms with Crippen molar-refractivity contribution in [1.29, 1.82) is 0 Å². The zero-order chi connectivity index (χ0) is 8.27. The quantitative estimate of drug-likeness (QED) is 0.558. The van der Waals surface area contributed by atoms with Gasteiger partial charge in [-0.2, -0.15) is 0 Å². The van der Waals surface area contributed by atoms with Crippen molar-refractivity contribution in [2.45, 2.75) is 6.42 Å². The van der Waals surface area contributed by atoms with Crippen molar-refractivity contribution in [2.24, 2.45) is 0 Å². The van der Waals surface area contributed by atoms with Gasteiger partial charge in [-0.3, -0.25) is 0 Å². The van der Waals surface area contributed by atoms with Gasteiger partial charge in [0.25, 0.3) is 0 Å². The second-order valence-electron chi connectivity index (χ2n) is 1.97. The number of pyridine rings is 1. The van der Waals surface area contributed by atoms with Gasteiger partial charge in [0, 0.05) is 6.42 Å². The molecule has 0 N–H and O–H groups in total. The molecular weight excluding hydrogens is 213 g/mol. The fourth-order valence-electron chi connectivity index (χ4n) is 0.697. The molecule has 0 amide bonds. The first-order chi connectivity index (χ1) is 5.24. The summed E-state index contributed by atoms with van der Waals surface area (Å²) in [6.45, 7) is 0. The van der Waals surface area contributed by atoms with E-state index in [-0.39, 0.29) is 6.42 Å². The monoisotopic (exact) mass is 217 g/mol. The molecule has 0 spiro atoms. The van der Waals surface area contributed by atoms with Crippen LogP contribution in [0.15, 0.2) is 16.9 Å². The number of carbonyl (C=O) groups excluding carboxylic acids is 1. The molecule has 2 nitrogen and oxygen atoms in total. The van der Waals surface area contributed by atoms with Gasteiger partial charge in [0.15, 0.2) is 0 Å². The fraction of sp³-hybridized carbons (Fsp3) is 0.143. The van der Waals surface area contributed by atoms with Crippen LogP contribution in [0, 0.1) is 5.82 Å². The Hall–Kier alpha value is -0.770. The van der Waals surface area contributed by atoms with E-state index in [1.807, 2.05) is 0 Å². The first-order valence-corrected chi connectivity index (χ1v) is 3.77. The molecule has 1 aromatic rings. The van der Waals surface area contributed by atoms with Gasteiger partial charge in [0.1, 0.15) is 16.7 Å². The number of hydrogen-bond donors (Lipinski definition) is 0. The van der Waals surface area contributed by atoms with Gasteiger partial charge in [-0.1, -0.05) is 0 Å². The van der Waals surface area contributed by atoms with Crippen LogP contribution >= 0.6 is 15.9 Å². The maximum atomic E-state index is 12.7. The van der Waals surface area contributed by atoms with Crippen LogP contribution in [0.3, 0.4) is 0 Å². The number of rotatable bonds is 2. The molecule has 0 radical (unpaired) electrons. The fourth-order valence-corrected chi connectivity index (χ4v) is 1.08. The Morgan fingerprint density at radius 1 is 1.73 bits per heavy atom. The summed E-state index contributed by atoms with van der Waals surface area (Å²) >= 11 is 3.07. The Kier molecular flexibility index (Phi) is 2.70. The van der Waals surface area contributed by atoms with E-state index >= 15 is 0 Å². The molecule has 1 aromatic heterocycles. The van der Waals surface area contributed by atoms with Crippen molar-refractivity contribution >= 4 is 22.2 Å². The lowest BCUT2D eigenvalue weighted by Gasteiger charge is -1.96. The molecule has 0 aliphatic rings. The molecule has 0 unspecified atom stereocenters. The molecule has 11 heavy (non-hydrogen) atoms. The first-order valence-electron chi connectivity index (χ1n) is 2.97. The molecule has 4 heteroatoms. The van der Waals surface area contributed by atoms with Crippen molar-refractivity contribution in [3.8, 4) is 0 Å². The second-order valence-corrected chi connectivity index (χ2v) is 2.78. The summed E-state index contributed by atoms with van der Waals surface area (Å²) in [7, 11) is 0. The first kappa shape index (κ1) is 8.33. The molecular formula is C7H5BrFNO. The highest BCUT2D eigenvalue weighted by Gasteiger charge is 2.01. The molecule has 1 heterocycles. The third-order valence-corrected chi connectivity index (χ3v) is 1.64. The van der Waals surface area contributed by atoms with Gasteiger partial charge in [-0.05, 0) is 27.6 Å². The van der Waals surface area contributed by atoms with E-state index in [9.17, 15) is 9.18 Å². The lowest BCUT2D eigenvalue weighted by atomic mass is 10.2.